The zero-order valence-electron chi connectivity index (χ0n) is 8.14. The van der Waals surface area contributed by atoms with E-state index >= 15 is 0 Å². The Bertz CT molecular complexity index is 689. The third kappa shape index (κ3) is 1.21. The lowest BCUT2D eigenvalue weighted by atomic mass is 10.1. The second kappa shape index (κ2) is 3.43. The second-order valence-corrected chi connectivity index (χ2v) is 4.19. The highest BCUT2D eigenvalue weighted by Crippen LogP contribution is 2.33. The molecule has 3 aromatic rings. The van der Waals surface area contributed by atoms with E-state index in [2.05, 4.69) is 21.5 Å². The van der Waals surface area contributed by atoms with Crippen molar-refractivity contribution in [2.75, 3.05) is 0 Å². The van der Waals surface area contributed by atoms with Gasteiger partial charge in [-0.2, -0.15) is 15.6 Å². The molecule has 0 unspecified atom stereocenters. The maximum Gasteiger partial charge on any atom is 0.190 e. The van der Waals surface area contributed by atoms with Gasteiger partial charge in [0, 0.05) is 21.0 Å². The van der Waals surface area contributed by atoms with Crippen LogP contribution in [0.3, 0.4) is 0 Å². The molecule has 0 bridgehead atoms. The number of hydrogen-bond acceptors (Lipinski definition) is 4. The van der Waals surface area contributed by atoms with Gasteiger partial charge in [0.15, 0.2) is 5.69 Å². The number of fused-ring (bicyclic) bond motifs is 1. The molecule has 76 valence electrons. The molecule has 0 aliphatic carbocycles. The van der Waals surface area contributed by atoms with Gasteiger partial charge in [0.05, 0.1) is 0 Å². The minimum absolute atomic E-state index is 0.337. The third-order valence-electron chi connectivity index (χ3n) is 2.39. The Kier molecular flexibility index (Phi) is 1.95. The Hall–Kier alpha value is -2.19. The number of aromatic nitrogens is 3. The fourth-order valence-corrected chi connectivity index (χ4v) is 2.60. The number of H-pyrrole nitrogens is 1. The Morgan fingerprint density at radius 3 is 3.00 bits per heavy atom. The zero-order chi connectivity index (χ0) is 11.0. The summed E-state index contributed by atoms with van der Waals surface area (Å²) in [6.07, 6.45) is 0. The number of nitrogens with zero attached hydrogens (tertiary/aromatic N) is 3. The third-order valence-corrected chi connectivity index (χ3v) is 3.35. The molecular weight excluding hydrogens is 220 g/mol. The quantitative estimate of drug-likeness (QED) is 0.693. The molecule has 0 saturated heterocycles. The van der Waals surface area contributed by atoms with E-state index in [0.29, 0.717) is 11.4 Å². The van der Waals surface area contributed by atoms with Crippen molar-refractivity contribution in [3.8, 4) is 17.3 Å². The molecule has 4 nitrogen and oxygen atoms in total. The molecule has 1 aromatic carbocycles. The van der Waals surface area contributed by atoms with Crippen LogP contribution in [-0.2, 0) is 0 Å². The van der Waals surface area contributed by atoms with Gasteiger partial charge in [-0.05, 0) is 6.07 Å². The molecule has 5 heteroatoms. The smallest absolute Gasteiger partial charge is 0.190 e. The summed E-state index contributed by atoms with van der Waals surface area (Å²) in [4.78, 5) is 0. The van der Waals surface area contributed by atoms with Crippen molar-refractivity contribution in [2.45, 2.75) is 0 Å². The normalized spacial score (nSPS) is 10.4. The highest BCUT2D eigenvalue weighted by molar-refractivity contribution is 7.17. The highest BCUT2D eigenvalue weighted by atomic mass is 32.1. The van der Waals surface area contributed by atoms with Gasteiger partial charge in [0.1, 0.15) is 11.8 Å². The van der Waals surface area contributed by atoms with E-state index in [0.717, 1.165) is 10.9 Å². The van der Waals surface area contributed by atoms with Crippen LogP contribution in [0.2, 0.25) is 0 Å². The minimum atomic E-state index is 0.337. The average molecular weight is 226 g/mol. The van der Waals surface area contributed by atoms with Crippen LogP contribution in [0.4, 0.5) is 0 Å². The molecule has 3 rings (SSSR count). The summed E-state index contributed by atoms with van der Waals surface area (Å²) in [6, 6.07) is 10.1. The maximum atomic E-state index is 8.91. The Labute approximate surface area is 95.2 Å². The zero-order valence-corrected chi connectivity index (χ0v) is 8.95. The molecule has 1 N–H and O–H groups in total. The van der Waals surface area contributed by atoms with Gasteiger partial charge < -0.3 is 0 Å². The lowest BCUT2D eigenvalue weighted by Crippen LogP contribution is -1.80. The van der Waals surface area contributed by atoms with E-state index < -0.39 is 0 Å². The van der Waals surface area contributed by atoms with Gasteiger partial charge in [-0.15, -0.1) is 16.4 Å². The van der Waals surface area contributed by atoms with E-state index in [9.17, 15) is 0 Å². The van der Waals surface area contributed by atoms with E-state index in [1.807, 2.05) is 29.6 Å². The Morgan fingerprint density at radius 2 is 2.12 bits per heavy atom. The first-order valence-electron chi connectivity index (χ1n) is 4.67. The number of thiophene rings is 1. The molecule has 0 aliphatic rings. The van der Waals surface area contributed by atoms with Crippen molar-refractivity contribution in [3.63, 3.8) is 0 Å². The first kappa shape index (κ1) is 9.07. The van der Waals surface area contributed by atoms with Crippen LogP contribution >= 0.6 is 11.3 Å². The number of rotatable bonds is 1. The number of hydrogen-bond donors (Lipinski definition) is 1. The van der Waals surface area contributed by atoms with Gasteiger partial charge in [0.2, 0.25) is 0 Å². The molecule has 0 aliphatic heterocycles. The van der Waals surface area contributed by atoms with Crippen LogP contribution in [0.5, 0.6) is 0 Å². The van der Waals surface area contributed by atoms with Crippen molar-refractivity contribution in [1.29, 1.82) is 5.26 Å². The molecule has 16 heavy (non-hydrogen) atoms. The first-order chi connectivity index (χ1) is 7.90. The molecule has 2 heterocycles. The van der Waals surface area contributed by atoms with E-state index in [1.54, 1.807) is 11.3 Å². The summed E-state index contributed by atoms with van der Waals surface area (Å²) in [5, 5.41) is 22.3. The van der Waals surface area contributed by atoms with E-state index in [-0.39, 0.29) is 0 Å². The van der Waals surface area contributed by atoms with Crippen molar-refractivity contribution >= 4 is 21.4 Å². The van der Waals surface area contributed by atoms with Gasteiger partial charge in [-0.3, -0.25) is 0 Å². The van der Waals surface area contributed by atoms with Crippen molar-refractivity contribution in [2.24, 2.45) is 0 Å². The summed E-state index contributed by atoms with van der Waals surface area (Å²) in [6.45, 7) is 0. The monoisotopic (exact) mass is 226 g/mol. The number of benzene rings is 1. The van der Waals surface area contributed by atoms with Gasteiger partial charge in [-0.1, -0.05) is 18.2 Å². The molecule has 0 amide bonds. The second-order valence-electron chi connectivity index (χ2n) is 3.28. The molecule has 0 spiro atoms. The van der Waals surface area contributed by atoms with Crippen LogP contribution in [0, 0.1) is 11.3 Å². The van der Waals surface area contributed by atoms with Gasteiger partial charge in [0.25, 0.3) is 0 Å². The molecule has 2 aromatic heterocycles. The van der Waals surface area contributed by atoms with Crippen molar-refractivity contribution in [1.82, 2.24) is 15.4 Å². The molecule has 0 saturated carbocycles. The van der Waals surface area contributed by atoms with Crippen LogP contribution in [0.15, 0.2) is 29.6 Å². The highest BCUT2D eigenvalue weighted by Gasteiger charge is 2.13. The molecule has 0 radical (unpaired) electrons. The van der Waals surface area contributed by atoms with E-state index in [1.165, 1.54) is 4.70 Å². The largest absolute Gasteiger partial charge is 0.196 e. The fourth-order valence-electron chi connectivity index (χ4n) is 1.66. The average Bonchev–Trinajstić information content (AvgIpc) is 2.94. The van der Waals surface area contributed by atoms with Gasteiger partial charge in [-0.25, -0.2) is 0 Å². The summed E-state index contributed by atoms with van der Waals surface area (Å²) in [5.41, 5.74) is 1.93. The lowest BCUT2D eigenvalue weighted by molar-refractivity contribution is 0.937. The van der Waals surface area contributed by atoms with Crippen molar-refractivity contribution in [3.05, 3.63) is 35.3 Å². The predicted molar refractivity (Wildman–Crippen MR) is 61.9 cm³/mol. The minimum Gasteiger partial charge on any atom is -0.196 e. The summed E-state index contributed by atoms with van der Waals surface area (Å²) in [7, 11) is 0. The molecular formula is C11H6N4S. The van der Waals surface area contributed by atoms with Gasteiger partial charge >= 0.3 is 0 Å². The SMILES string of the molecule is N#Cc1n[nH]nc1-c1csc2ccccc12. The van der Waals surface area contributed by atoms with Crippen LogP contribution in [0.1, 0.15) is 5.69 Å². The summed E-state index contributed by atoms with van der Waals surface area (Å²) >= 11 is 1.64. The Balaban J connectivity index is 2.31. The number of nitrogens with one attached hydrogen (secondary N) is 1. The Morgan fingerprint density at radius 1 is 1.25 bits per heavy atom. The number of aromatic amines is 1. The van der Waals surface area contributed by atoms with E-state index in [4.69, 9.17) is 5.26 Å². The molecule has 0 fully saturated rings. The maximum absolute atomic E-state index is 8.91. The lowest BCUT2D eigenvalue weighted by Gasteiger charge is -1.93. The van der Waals surface area contributed by atoms with Crippen molar-refractivity contribution < 1.29 is 0 Å². The van der Waals surface area contributed by atoms with Crippen LogP contribution < -0.4 is 0 Å². The summed E-state index contributed by atoms with van der Waals surface area (Å²) in [5.74, 6) is 0. The fraction of sp³-hybridized carbons (Fsp3) is 0. The van der Waals surface area contributed by atoms with Crippen LogP contribution in [-0.4, -0.2) is 15.4 Å². The first-order valence-corrected chi connectivity index (χ1v) is 5.55. The summed E-state index contributed by atoms with van der Waals surface area (Å²) < 4.78 is 1.18. The standard InChI is InChI=1S/C11H6N4S/c12-5-9-11(14-15-13-9)8-6-16-10-4-2-1-3-7(8)10/h1-4,6H,(H,13,14,15). The number of nitriles is 1. The van der Waals surface area contributed by atoms with Crippen LogP contribution in [0.25, 0.3) is 21.3 Å². The topological polar surface area (TPSA) is 65.4 Å². The predicted octanol–water partition coefficient (Wildman–Crippen LogP) is 2.56. The molecule has 0 atom stereocenters.